The van der Waals surface area contributed by atoms with Crippen LogP contribution < -0.4 is 14.9 Å². The Morgan fingerprint density at radius 1 is 0.862 bits per heavy atom. The molecule has 0 aliphatic rings. The number of fused-ring (bicyclic) bond motifs is 1. The van der Waals surface area contributed by atoms with Crippen LogP contribution in [0.25, 0.3) is 22.1 Å². The Kier molecular flexibility index (Phi) is 4.87. The molecule has 1 heterocycles. The molecule has 3 aromatic carbocycles. The first kappa shape index (κ1) is 18.5. The molecule has 0 unspecified atom stereocenters. The van der Waals surface area contributed by atoms with Crippen molar-refractivity contribution in [3.63, 3.8) is 0 Å². The predicted octanol–water partition coefficient (Wildman–Crippen LogP) is 5.49. The molecular weight excluding hydrogens is 368 g/mol. The van der Waals surface area contributed by atoms with Gasteiger partial charge in [-0.25, -0.2) is 0 Å². The van der Waals surface area contributed by atoms with E-state index in [1.165, 1.54) is 13.0 Å². The van der Waals surface area contributed by atoms with Gasteiger partial charge in [0.15, 0.2) is 0 Å². The molecule has 29 heavy (non-hydrogen) atoms. The number of esters is 1. The lowest BCUT2D eigenvalue weighted by atomic mass is 10.1. The van der Waals surface area contributed by atoms with E-state index in [1.807, 2.05) is 54.6 Å². The Morgan fingerprint density at radius 3 is 2.21 bits per heavy atom. The van der Waals surface area contributed by atoms with Crippen molar-refractivity contribution in [1.82, 2.24) is 0 Å². The summed E-state index contributed by atoms with van der Waals surface area (Å²) >= 11 is 0. The van der Waals surface area contributed by atoms with Crippen LogP contribution in [0.4, 0.5) is 0 Å². The van der Waals surface area contributed by atoms with E-state index in [0.29, 0.717) is 28.2 Å². The van der Waals surface area contributed by atoms with Gasteiger partial charge < -0.3 is 13.9 Å². The fraction of sp³-hybridized carbons (Fsp3) is 0.0833. The molecule has 0 aliphatic carbocycles. The summed E-state index contributed by atoms with van der Waals surface area (Å²) in [4.78, 5) is 24.0. The third-order valence-corrected chi connectivity index (χ3v) is 4.43. The molecule has 0 amide bonds. The van der Waals surface area contributed by atoms with Crippen molar-refractivity contribution in [2.24, 2.45) is 0 Å². The second kappa shape index (κ2) is 7.64. The SMILES string of the molecule is CC(=O)Oc1ccc2c(=O)c(Oc3ccc(-c4ccccc4)cc3)c(C)oc2c1. The molecular formula is C24H18O5. The first-order valence-electron chi connectivity index (χ1n) is 9.10. The van der Waals surface area contributed by atoms with E-state index in [1.54, 1.807) is 19.1 Å². The molecule has 0 bridgehead atoms. The van der Waals surface area contributed by atoms with Gasteiger partial charge in [0.05, 0.1) is 5.39 Å². The van der Waals surface area contributed by atoms with Crippen LogP contribution in [0.15, 0.2) is 82.0 Å². The Hall–Kier alpha value is -3.86. The van der Waals surface area contributed by atoms with Gasteiger partial charge in [-0.2, -0.15) is 0 Å². The van der Waals surface area contributed by atoms with Crippen molar-refractivity contribution in [2.75, 3.05) is 0 Å². The maximum Gasteiger partial charge on any atom is 0.308 e. The lowest BCUT2D eigenvalue weighted by molar-refractivity contribution is -0.131. The van der Waals surface area contributed by atoms with Gasteiger partial charge in [0.2, 0.25) is 11.2 Å². The molecule has 1 aromatic heterocycles. The minimum atomic E-state index is -0.442. The van der Waals surface area contributed by atoms with Crippen molar-refractivity contribution < 1.29 is 18.7 Å². The van der Waals surface area contributed by atoms with E-state index in [-0.39, 0.29) is 11.2 Å². The number of carbonyl (C=O) groups excluding carboxylic acids is 1. The van der Waals surface area contributed by atoms with E-state index in [2.05, 4.69) is 0 Å². The number of rotatable bonds is 4. The van der Waals surface area contributed by atoms with E-state index >= 15 is 0 Å². The molecule has 4 aromatic rings. The van der Waals surface area contributed by atoms with Gasteiger partial charge in [0.1, 0.15) is 22.8 Å². The highest BCUT2D eigenvalue weighted by atomic mass is 16.5. The molecule has 0 radical (unpaired) electrons. The van der Waals surface area contributed by atoms with Crippen molar-refractivity contribution in [1.29, 1.82) is 0 Å². The molecule has 144 valence electrons. The third-order valence-electron chi connectivity index (χ3n) is 4.43. The van der Waals surface area contributed by atoms with Crippen LogP contribution in [-0.4, -0.2) is 5.97 Å². The lowest BCUT2D eigenvalue weighted by Gasteiger charge is -2.10. The molecule has 0 saturated heterocycles. The van der Waals surface area contributed by atoms with Gasteiger partial charge in [-0.3, -0.25) is 9.59 Å². The summed E-state index contributed by atoms with van der Waals surface area (Å²) in [6.07, 6.45) is 0. The Balaban J connectivity index is 1.65. The van der Waals surface area contributed by atoms with Crippen molar-refractivity contribution in [2.45, 2.75) is 13.8 Å². The fourth-order valence-corrected chi connectivity index (χ4v) is 3.08. The van der Waals surface area contributed by atoms with Crippen LogP contribution in [0.5, 0.6) is 17.2 Å². The van der Waals surface area contributed by atoms with Gasteiger partial charge in [-0.15, -0.1) is 0 Å². The summed E-state index contributed by atoms with van der Waals surface area (Å²) in [6.45, 7) is 2.97. The van der Waals surface area contributed by atoms with Gasteiger partial charge in [0.25, 0.3) is 0 Å². The average Bonchev–Trinajstić information content (AvgIpc) is 2.71. The topological polar surface area (TPSA) is 65.7 Å². The molecule has 5 heteroatoms. The quantitative estimate of drug-likeness (QED) is 0.343. The minimum absolute atomic E-state index is 0.130. The van der Waals surface area contributed by atoms with E-state index in [4.69, 9.17) is 13.9 Å². The highest BCUT2D eigenvalue weighted by molar-refractivity contribution is 5.81. The van der Waals surface area contributed by atoms with E-state index < -0.39 is 5.97 Å². The predicted molar refractivity (Wildman–Crippen MR) is 110 cm³/mol. The summed E-state index contributed by atoms with van der Waals surface area (Å²) in [5.41, 5.74) is 2.20. The first-order chi connectivity index (χ1) is 14.0. The monoisotopic (exact) mass is 386 g/mol. The highest BCUT2D eigenvalue weighted by Gasteiger charge is 2.15. The fourth-order valence-electron chi connectivity index (χ4n) is 3.08. The van der Waals surface area contributed by atoms with E-state index in [9.17, 15) is 9.59 Å². The van der Waals surface area contributed by atoms with E-state index in [0.717, 1.165) is 11.1 Å². The number of hydrogen-bond donors (Lipinski definition) is 0. The van der Waals surface area contributed by atoms with Crippen LogP contribution >= 0.6 is 0 Å². The maximum absolute atomic E-state index is 12.9. The van der Waals surface area contributed by atoms with Crippen molar-refractivity contribution >= 4 is 16.9 Å². The Bertz CT molecular complexity index is 1240. The Morgan fingerprint density at radius 2 is 1.52 bits per heavy atom. The third kappa shape index (κ3) is 3.89. The summed E-state index contributed by atoms with van der Waals surface area (Å²) in [6, 6.07) is 22.1. The highest BCUT2D eigenvalue weighted by Crippen LogP contribution is 2.29. The molecule has 0 fully saturated rings. The van der Waals surface area contributed by atoms with Crippen molar-refractivity contribution in [3.05, 3.63) is 88.8 Å². The zero-order valence-corrected chi connectivity index (χ0v) is 16.0. The zero-order valence-electron chi connectivity index (χ0n) is 16.0. The summed E-state index contributed by atoms with van der Waals surface area (Å²) in [5, 5.41) is 0.349. The molecule has 0 spiro atoms. The average molecular weight is 386 g/mol. The zero-order chi connectivity index (χ0) is 20.4. The summed E-state index contributed by atoms with van der Waals surface area (Å²) in [5.74, 6) is 0.885. The largest absolute Gasteiger partial charge is 0.457 e. The van der Waals surface area contributed by atoms with Crippen LogP contribution in [-0.2, 0) is 4.79 Å². The maximum atomic E-state index is 12.9. The second-order valence-corrected chi connectivity index (χ2v) is 6.56. The summed E-state index contributed by atoms with van der Waals surface area (Å²) in [7, 11) is 0. The number of ether oxygens (including phenoxy) is 2. The summed E-state index contributed by atoms with van der Waals surface area (Å²) < 4.78 is 16.6. The molecule has 5 nitrogen and oxygen atoms in total. The van der Waals surface area contributed by atoms with Crippen LogP contribution in [0.1, 0.15) is 12.7 Å². The Labute approximate surface area is 167 Å². The smallest absolute Gasteiger partial charge is 0.308 e. The standard InChI is InChI=1S/C24H18O5/c1-15-24(23(26)21-13-12-20(28-16(2)25)14-22(21)27-15)29-19-10-8-18(9-11-19)17-6-4-3-5-7-17/h3-14H,1-2H3. The van der Waals surface area contributed by atoms with Gasteiger partial charge >= 0.3 is 5.97 Å². The second-order valence-electron chi connectivity index (χ2n) is 6.56. The van der Waals surface area contributed by atoms with Gasteiger partial charge in [-0.1, -0.05) is 42.5 Å². The molecule has 0 atom stereocenters. The minimum Gasteiger partial charge on any atom is -0.457 e. The number of hydrogen-bond acceptors (Lipinski definition) is 5. The number of benzene rings is 3. The van der Waals surface area contributed by atoms with Crippen LogP contribution in [0.3, 0.4) is 0 Å². The molecule has 4 rings (SSSR count). The van der Waals surface area contributed by atoms with Gasteiger partial charge in [-0.05, 0) is 42.3 Å². The number of aryl methyl sites for hydroxylation is 1. The lowest BCUT2D eigenvalue weighted by Crippen LogP contribution is -2.08. The van der Waals surface area contributed by atoms with Crippen molar-refractivity contribution in [3.8, 4) is 28.4 Å². The van der Waals surface area contributed by atoms with Gasteiger partial charge in [0, 0.05) is 13.0 Å². The van der Waals surface area contributed by atoms with Crippen LogP contribution in [0, 0.1) is 6.92 Å². The number of carbonyl (C=O) groups is 1. The molecule has 0 aliphatic heterocycles. The molecule has 0 saturated carbocycles. The first-order valence-corrected chi connectivity index (χ1v) is 9.10. The van der Waals surface area contributed by atoms with Crippen LogP contribution in [0.2, 0.25) is 0 Å². The normalized spacial score (nSPS) is 10.7. The molecule has 0 N–H and O–H groups in total.